The molecule has 0 saturated carbocycles. The van der Waals surface area contributed by atoms with Gasteiger partial charge in [0.1, 0.15) is 0 Å². The summed E-state index contributed by atoms with van der Waals surface area (Å²) in [5.41, 5.74) is 16.9. The molecular weight excluding hydrogens is 470 g/mol. The molecule has 0 fully saturated rings. The van der Waals surface area contributed by atoms with Gasteiger partial charge in [0.05, 0.1) is 11.6 Å². The van der Waals surface area contributed by atoms with Crippen molar-refractivity contribution in [1.82, 2.24) is 0 Å². The summed E-state index contributed by atoms with van der Waals surface area (Å²) in [6, 6.07) is 32.0. The second kappa shape index (κ2) is 6.88. The molecule has 0 unspecified atom stereocenters. The van der Waals surface area contributed by atoms with Crippen molar-refractivity contribution in [2.75, 3.05) is 0 Å². The van der Waals surface area contributed by atoms with Crippen LogP contribution in [0.2, 0.25) is 0 Å². The normalized spacial score (nSPS) is 17.6. The first-order valence-electron chi connectivity index (χ1n) is 14.0. The lowest BCUT2D eigenvalue weighted by atomic mass is 9.78. The highest BCUT2D eigenvalue weighted by atomic mass is 14.5. The molecule has 8 rings (SSSR count). The molecule has 0 heterocycles. The van der Waals surface area contributed by atoms with Gasteiger partial charge in [-0.05, 0) is 114 Å². The van der Waals surface area contributed by atoms with E-state index < -0.39 is 0 Å². The molecule has 0 N–H and O–H groups in total. The summed E-state index contributed by atoms with van der Waals surface area (Å²) in [7, 11) is 0. The maximum absolute atomic E-state index is 9.56. The molecule has 5 aromatic rings. The average molecular weight is 502 g/mol. The lowest BCUT2D eigenvalue weighted by Gasteiger charge is -2.24. The zero-order chi connectivity index (χ0) is 27.1. The van der Waals surface area contributed by atoms with E-state index in [0.717, 1.165) is 5.56 Å². The van der Waals surface area contributed by atoms with Gasteiger partial charge >= 0.3 is 0 Å². The number of hydrogen-bond acceptors (Lipinski definition) is 1. The Morgan fingerprint density at radius 3 is 1.64 bits per heavy atom. The molecule has 0 spiro atoms. The maximum Gasteiger partial charge on any atom is 0.0991 e. The predicted molar refractivity (Wildman–Crippen MR) is 161 cm³/mol. The molecule has 0 amide bonds. The summed E-state index contributed by atoms with van der Waals surface area (Å²) in [6.07, 6.45) is 0. The smallest absolute Gasteiger partial charge is 0.0991 e. The predicted octanol–water partition coefficient (Wildman–Crippen LogP) is 9.63. The fourth-order valence-electron chi connectivity index (χ4n) is 8.03. The number of nitrogens with zero attached hydrogens (tertiary/aromatic N) is 1. The average Bonchev–Trinajstić information content (AvgIpc) is 3.40. The van der Waals surface area contributed by atoms with Gasteiger partial charge in [0, 0.05) is 16.2 Å². The summed E-state index contributed by atoms with van der Waals surface area (Å²) < 4.78 is 0. The Morgan fingerprint density at radius 1 is 0.487 bits per heavy atom. The van der Waals surface area contributed by atoms with Gasteiger partial charge in [-0.3, -0.25) is 0 Å². The maximum atomic E-state index is 9.56. The van der Waals surface area contributed by atoms with Gasteiger partial charge in [0.15, 0.2) is 0 Å². The SMILES string of the molecule is CC1(C)c2cc(C#N)ccc2-c2cc3c(cc21)-c1cc2c(cc1C3(C)C)-c1c(ccc3ccccc13)C2(C)C. The van der Waals surface area contributed by atoms with Crippen molar-refractivity contribution >= 4 is 10.8 Å². The number of hydrogen-bond donors (Lipinski definition) is 0. The van der Waals surface area contributed by atoms with Gasteiger partial charge in [-0.2, -0.15) is 5.26 Å². The van der Waals surface area contributed by atoms with Crippen molar-refractivity contribution in [3.8, 4) is 39.4 Å². The quantitative estimate of drug-likeness (QED) is 0.207. The van der Waals surface area contributed by atoms with Gasteiger partial charge < -0.3 is 0 Å². The zero-order valence-electron chi connectivity index (χ0n) is 23.5. The Morgan fingerprint density at radius 2 is 1.00 bits per heavy atom. The molecule has 0 radical (unpaired) electrons. The molecular formula is C38H31N. The third-order valence-corrected chi connectivity index (χ3v) is 10.3. The van der Waals surface area contributed by atoms with E-state index in [1.165, 1.54) is 77.5 Å². The lowest BCUT2D eigenvalue weighted by Crippen LogP contribution is -2.17. The van der Waals surface area contributed by atoms with Crippen LogP contribution in [0.5, 0.6) is 0 Å². The zero-order valence-corrected chi connectivity index (χ0v) is 23.5. The van der Waals surface area contributed by atoms with E-state index in [1.807, 2.05) is 6.07 Å². The molecule has 5 aromatic carbocycles. The van der Waals surface area contributed by atoms with Crippen molar-refractivity contribution in [2.45, 2.75) is 57.8 Å². The summed E-state index contributed by atoms with van der Waals surface area (Å²) >= 11 is 0. The number of nitriles is 1. The summed E-state index contributed by atoms with van der Waals surface area (Å²) in [5, 5.41) is 12.2. The van der Waals surface area contributed by atoms with Crippen molar-refractivity contribution in [3.05, 3.63) is 118 Å². The Labute approximate surface area is 230 Å². The van der Waals surface area contributed by atoms with Gasteiger partial charge in [0.2, 0.25) is 0 Å². The van der Waals surface area contributed by atoms with Gasteiger partial charge in [0.25, 0.3) is 0 Å². The first-order valence-corrected chi connectivity index (χ1v) is 14.0. The minimum Gasteiger partial charge on any atom is -0.192 e. The molecule has 1 heteroatoms. The minimum atomic E-state index is -0.148. The Bertz CT molecular complexity index is 1990. The molecule has 0 saturated heterocycles. The Kier molecular flexibility index (Phi) is 4.02. The van der Waals surface area contributed by atoms with Crippen LogP contribution < -0.4 is 0 Å². The largest absolute Gasteiger partial charge is 0.192 e. The van der Waals surface area contributed by atoms with E-state index in [-0.39, 0.29) is 16.2 Å². The summed E-state index contributed by atoms with van der Waals surface area (Å²) in [6.45, 7) is 14.2. The van der Waals surface area contributed by atoms with Crippen molar-refractivity contribution in [1.29, 1.82) is 5.26 Å². The number of fused-ring (bicyclic) bond motifs is 11. The molecule has 188 valence electrons. The van der Waals surface area contributed by atoms with Crippen LogP contribution in [0.15, 0.2) is 78.9 Å². The standard InChI is InChI=1S/C38H31N/c1-36(2)29-14-12-22-9-7-8-10-23(22)35(29)28-19-33-27(18-34(28)36)26-17-31-25(16-32(26)38(33,5)6)24-13-11-21(20-39)15-30(24)37(31,3)4/h7-19H,1-6H3. The highest BCUT2D eigenvalue weighted by Gasteiger charge is 2.44. The van der Waals surface area contributed by atoms with E-state index >= 15 is 0 Å². The van der Waals surface area contributed by atoms with Crippen LogP contribution in [0.25, 0.3) is 44.2 Å². The monoisotopic (exact) mass is 501 g/mol. The van der Waals surface area contributed by atoms with E-state index in [2.05, 4.69) is 120 Å². The van der Waals surface area contributed by atoms with Gasteiger partial charge in [-0.15, -0.1) is 0 Å². The van der Waals surface area contributed by atoms with E-state index in [9.17, 15) is 5.26 Å². The molecule has 1 nitrogen and oxygen atoms in total. The van der Waals surface area contributed by atoms with E-state index in [0.29, 0.717) is 0 Å². The second-order valence-corrected chi connectivity index (χ2v) is 13.3. The lowest BCUT2D eigenvalue weighted by molar-refractivity contribution is 0.649. The van der Waals surface area contributed by atoms with Crippen LogP contribution in [-0.4, -0.2) is 0 Å². The molecule has 39 heavy (non-hydrogen) atoms. The molecule has 0 aromatic heterocycles. The van der Waals surface area contributed by atoms with Crippen LogP contribution in [0.1, 0.15) is 80.5 Å². The van der Waals surface area contributed by atoms with E-state index in [4.69, 9.17) is 0 Å². The first-order chi connectivity index (χ1) is 18.5. The summed E-state index contributed by atoms with van der Waals surface area (Å²) in [4.78, 5) is 0. The highest BCUT2D eigenvalue weighted by Crippen LogP contribution is 2.59. The third kappa shape index (κ3) is 2.60. The Hall–Kier alpha value is -4.15. The van der Waals surface area contributed by atoms with Crippen molar-refractivity contribution in [2.24, 2.45) is 0 Å². The van der Waals surface area contributed by atoms with Crippen LogP contribution in [0.3, 0.4) is 0 Å². The molecule has 0 bridgehead atoms. The number of rotatable bonds is 0. The number of benzene rings is 5. The highest BCUT2D eigenvalue weighted by molar-refractivity contribution is 6.04. The Balaban J connectivity index is 1.40. The van der Waals surface area contributed by atoms with Crippen LogP contribution in [0.4, 0.5) is 0 Å². The van der Waals surface area contributed by atoms with E-state index in [1.54, 1.807) is 0 Å². The minimum absolute atomic E-state index is 0.0590. The third-order valence-electron chi connectivity index (χ3n) is 10.3. The van der Waals surface area contributed by atoms with Crippen LogP contribution >= 0.6 is 0 Å². The van der Waals surface area contributed by atoms with Crippen LogP contribution in [0, 0.1) is 11.3 Å². The molecule has 3 aliphatic carbocycles. The van der Waals surface area contributed by atoms with Gasteiger partial charge in [-0.25, -0.2) is 0 Å². The molecule has 0 aliphatic heterocycles. The topological polar surface area (TPSA) is 23.8 Å². The fraction of sp³-hybridized carbons (Fsp3) is 0.237. The molecule has 0 atom stereocenters. The first kappa shape index (κ1) is 22.8. The van der Waals surface area contributed by atoms with Crippen LogP contribution in [-0.2, 0) is 16.2 Å². The second-order valence-electron chi connectivity index (χ2n) is 13.3. The van der Waals surface area contributed by atoms with Crippen molar-refractivity contribution in [3.63, 3.8) is 0 Å². The van der Waals surface area contributed by atoms with Crippen molar-refractivity contribution < 1.29 is 0 Å². The van der Waals surface area contributed by atoms with Gasteiger partial charge in [-0.1, -0.05) is 84.0 Å². The summed E-state index contributed by atoms with van der Waals surface area (Å²) in [5.74, 6) is 0. The molecule has 3 aliphatic rings. The fourth-order valence-corrected chi connectivity index (χ4v) is 8.03.